The quantitative estimate of drug-likeness (QED) is 0.518. The van der Waals surface area contributed by atoms with E-state index in [0.29, 0.717) is 17.7 Å². The molecule has 4 N–H and O–H groups in total. The molecule has 15 heavy (non-hydrogen) atoms. The highest BCUT2D eigenvalue weighted by Crippen LogP contribution is 2.19. The summed E-state index contributed by atoms with van der Waals surface area (Å²) in [5.74, 6) is 7.62. The molecule has 5 heteroatoms. The van der Waals surface area contributed by atoms with E-state index in [0.717, 1.165) is 17.8 Å². The van der Waals surface area contributed by atoms with Crippen LogP contribution in [0.1, 0.15) is 31.7 Å². The number of nitrogens with one attached hydrogen (secondary N) is 2. The Kier molecular flexibility index (Phi) is 3.85. The smallest absolute Gasteiger partial charge is 0.148 e. The third-order valence-corrected chi connectivity index (χ3v) is 2.39. The van der Waals surface area contributed by atoms with E-state index in [2.05, 4.69) is 34.6 Å². The molecule has 0 aliphatic heterocycles. The van der Waals surface area contributed by atoms with Crippen molar-refractivity contribution in [2.45, 2.75) is 40.2 Å². The minimum absolute atomic E-state index is 0.392. The number of nitrogen functional groups attached to an aromatic ring is 1. The zero-order valence-corrected chi connectivity index (χ0v) is 9.76. The van der Waals surface area contributed by atoms with Crippen molar-refractivity contribution in [3.63, 3.8) is 0 Å². The first-order chi connectivity index (χ1) is 7.08. The molecule has 0 fully saturated rings. The van der Waals surface area contributed by atoms with Crippen molar-refractivity contribution < 1.29 is 0 Å². The summed E-state index contributed by atoms with van der Waals surface area (Å²) in [7, 11) is 0. The maximum absolute atomic E-state index is 5.38. The summed E-state index contributed by atoms with van der Waals surface area (Å²) < 4.78 is 0. The lowest BCUT2D eigenvalue weighted by atomic mass is 10.2. The number of hydrazine groups is 1. The Morgan fingerprint density at radius 2 is 1.87 bits per heavy atom. The van der Waals surface area contributed by atoms with Gasteiger partial charge in [-0.25, -0.2) is 15.8 Å². The lowest BCUT2D eigenvalue weighted by molar-refractivity contribution is 0.755. The molecule has 0 aromatic carbocycles. The minimum atomic E-state index is 0.392. The van der Waals surface area contributed by atoms with Crippen LogP contribution in [0.5, 0.6) is 0 Å². The molecule has 5 nitrogen and oxygen atoms in total. The summed E-state index contributed by atoms with van der Waals surface area (Å²) in [4.78, 5) is 8.55. The van der Waals surface area contributed by atoms with E-state index in [1.807, 2.05) is 13.8 Å². The molecule has 1 atom stereocenters. The number of hydrogen-bond acceptors (Lipinski definition) is 5. The second-order valence-electron chi connectivity index (χ2n) is 3.69. The molecule has 1 heterocycles. The Morgan fingerprint density at radius 1 is 1.27 bits per heavy atom. The second-order valence-corrected chi connectivity index (χ2v) is 3.69. The lowest BCUT2D eigenvalue weighted by Crippen LogP contribution is -2.18. The predicted molar refractivity (Wildman–Crippen MR) is 62.7 cm³/mol. The van der Waals surface area contributed by atoms with E-state index in [9.17, 15) is 0 Å². The first-order valence-corrected chi connectivity index (χ1v) is 5.16. The number of rotatable bonds is 4. The Bertz CT molecular complexity index is 337. The van der Waals surface area contributed by atoms with Crippen LogP contribution in [0, 0.1) is 13.8 Å². The van der Waals surface area contributed by atoms with Gasteiger partial charge in [0.15, 0.2) is 0 Å². The number of hydrogen-bond donors (Lipinski definition) is 3. The first-order valence-electron chi connectivity index (χ1n) is 5.16. The molecule has 1 unspecified atom stereocenters. The van der Waals surface area contributed by atoms with Crippen molar-refractivity contribution in [1.29, 1.82) is 0 Å². The maximum atomic E-state index is 5.38. The van der Waals surface area contributed by atoms with Crippen LogP contribution in [0.3, 0.4) is 0 Å². The van der Waals surface area contributed by atoms with Gasteiger partial charge >= 0.3 is 0 Å². The van der Waals surface area contributed by atoms with E-state index in [4.69, 9.17) is 5.84 Å². The topological polar surface area (TPSA) is 75.9 Å². The highest BCUT2D eigenvalue weighted by atomic mass is 15.3. The Balaban J connectivity index is 3.01. The molecular weight excluding hydrogens is 190 g/mol. The molecule has 84 valence electrons. The van der Waals surface area contributed by atoms with Crippen LogP contribution in [0.25, 0.3) is 0 Å². The first kappa shape index (κ1) is 11.7. The summed E-state index contributed by atoms with van der Waals surface area (Å²) in [6.45, 7) is 8.04. The van der Waals surface area contributed by atoms with Gasteiger partial charge in [-0.3, -0.25) is 0 Å². The van der Waals surface area contributed by atoms with Crippen molar-refractivity contribution in [3.8, 4) is 0 Å². The Morgan fingerprint density at radius 3 is 2.40 bits per heavy atom. The number of aryl methyl sites for hydroxylation is 1. The zero-order chi connectivity index (χ0) is 11.4. The summed E-state index contributed by atoms with van der Waals surface area (Å²) in [6, 6.07) is 0.392. The van der Waals surface area contributed by atoms with E-state index in [-0.39, 0.29) is 0 Å². The van der Waals surface area contributed by atoms with Gasteiger partial charge in [-0.05, 0) is 27.2 Å². The van der Waals surface area contributed by atoms with Crippen molar-refractivity contribution >= 4 is 11.6 Å². The van der Waals surface area contributed by atoms with Gasteiger partial charge in [-0.2, -0.15) is 0 Å². The largest absolute Gasteiger partial charge is 0.367 e. The van der Waals surface area contributed by atoms with Crippen molar-refractivity contribution in [3.05, 3.63) is 11.4 Å². The van der Waals surface area contributed by atoms with Crippen LogP contribution >= 0.6 is 0 Å². The highest BCUT2D eigenvalue weighted by Gasteiger charge is 2.09. The molecule has 1 aromatic heterocycles. The van der Waals surface area contributed by atoms with E-state index >= 15 is 0 Å². The Labute approximate surface area is 90.5 Å². The fourth-order valence-electron chi connectivity index (χ4n) is 1.24. The molecule has 0 saturated carbocycles. The Hall–Kier alpha value is -1.36. The van der Waals surface area contributed by atoms with Gasteiger partial charge in [-0.15, -0.1) is 0 Å². The average Bonchev–Trinajstić information content (AvgIpc) is 2.22. The van der Waals surface area contributed by atoms with Crippen LogP contribution < -0.4 is 16.6 Å². The molecule has 0 radical (unpaired) electrons. The van der Waals surface area contributed by atoms with Gasteiger partial charge in [0.05, 0.1) is 0 Å². The molecule has 0 saturated heterocycles. The fraction of sp³-hybridized carbons (Fsp3) is 0.600. The van der Waals surface area contributed by atoms with E-state index < -0.39 is 0 Å². The summed E-state index contributed by atoms with van der Waals surface area (Å²) in [6.07, 6.45) is 1.05. The summed E-state index contributed by atoms with van der Waals surface area (Å²) >= 11 is 0. The van der Waals surface area contributed by atoms with Crippen LogP contribution in [-0.4, -0.2) is 16.0 Å². The SMILES string of the molecule is CCC(C)Nc1nc(C)nc(NN)c1C. The molecule has 0 aliphatic rings. The van der Waals surface area contributed by atoms with Crippen molar-refractivity contribution in [2.24, 2.45) is 5.84 Å². The van der Waals surface area contributed by atoms with Gasteiger partial charge in [-0.1, -0.05) is 6.92 Å². The second kappa shape index (κ2) is 4.93. The third kappa shape index (κ3) is 2.79. The number of nitrogens with two attached hydrogens (primary N) is 1. The van der Waals surface area contributed by atoms with Gasteiger partial charge in [0.25, 0.3) is 0 Å². The normalized spacial score (nSPS) is 12.3. The molecule has 0 amide bonds. The van der Waals surface area contributed by atoms with Crippen LogP contribution in [-0.2, 0) is 0 Å². The maximum Gasteiger partial charge on any atom is 0.148 e. The summed E-state index contributed by atoms with van der Waals surface area (Å²) in [5.41, 5.74) is 3.52. The van der Waals surface area contributed by atoms with Gasteiger partial charge in [0, 0.05) is 11.6 Å². The molecule has 1 rings (SSSR count). The van der Waals surface area contributed by atoms with E-state index in [1.54, 1.807) is 0 Å². The van der Waals surface area contributed by atoms with Gasteiger partial charge in [0.2, 0.25) is 0 Å². The van der Waals surface area contributed by atoms with Gasteiger partial charge < -0.3 is 10.7 Å². The standard InChI is InChI=1S/C10H19N5/c1-5-6(2)12-9-7(3)10(15-11)14-8(4)13-9/h6H,5,11H2,1-4H3,(H2,12,13,14,15). The van der Waals surface area contributed by atoms with Crippen LogP contribution in [0.15, 0.2) is 0 Å². The van der Waals surface area contributed by atoms with Crippen molar-refractivity contribution in [2.75, 3.05) is 10.7 Å². The third-order valence-electron chi connectivity index (χ3n) is 2.39. The molecule has 0 spiro atoms. The highest BCUT2D eigenvalue weighted by molar-refractivity contribution is 5.56. The molecular formula is C10H19N5. The molecule has 0 aliphatic carbocycles. The molecule has 0 bridgehead atoms. The van der Waals surface area contributed by atoms with Gasteiger partial charge in [0.1, 0.15) is 17.5 Å². The van der Waals surface area contributed by atoms with Crippen molar-refractivity contribution in [1.82, 2.24) is 9.97 Å². The lowest BCUT2D eigenvalue weighted by Gasteiger charge is -2.16. The van der Waals surface area contributed by atoms with Crippen LogP contribution in [0.2, 0.25) is 0 Å². The fourth-order valence-corrected chi connectivity index (χ4v) is 1.24. The van der Waals surface area contributed by atoms with Crippen LogP contribution in [0.4, 0.5) is 11.6 Å². The monoisotopic (exact) mass is 209 g/mol. The number of anilines is 2. The zero-order valence-electron chi connectivity index (χ0n) is 9.76. The average molecular weight is 209 g/mol. The molecule has 1 aromatic rings. The minimum Gasteiger partial charge on any atom is -0.367 e. The number of nitrogens with zero attached hydrogens (tertiary/aromatic N) is 2. The summed E-state index contributed by atoms with van der Waals surface area (Å²) in [5, 5.41) is 3.33. The predicted octanol–water partition coefficient (Wildman–Crippen LogP) is 1.59. The number of aromatic nitrogens is 2. The van der Waals surface area contributed by atoms with E-state index in [1.165, 1.54) is 0 Å².